The number of methoxy groups -OCH3 is 1. The first kappa shape index (κ1) is 17.0. The SMILES string of the molecule is COC(=O)c1occc1COC(=O)c1cc2cc(Cl)ccc2nc1C. The molecule has 25 heavy (non-hydrogen) atoms. The van der Waals surface area contributed by atoms with E-state index >= 15 is 0 Å². The van der Waals surface area contributed by atoms with Crippen molar-refractivity contribution in [3.05, 3.63) is 64.2 Å². The van der Waals surface area contributed by atoms with Crippen LogP contribution in [0.25, 0.3) is 10.9 Å². The molecule has 0 bridgehead atoms. The number of carbonyl (C=O) groups excluding carboxylic acids is 2. The fourth-order valence-electron chi connectivity index (χ4n) is 2.39. The number of ether oxygens (including phenoxy) is 2. The number of hydrogen-bond donors (Lipinski definition) is 0. The molecular weight excluding hydrogens is 346 g/mol. The topological polar surface area (TPSA) is 78.6 Å². The largest absolute Gasteiger partial charge is 0.463 e. The molecule has 7 heteroatoms. The normalized spacial score (nSPS) is 10.7. The van der Waals surface area contributed by atoms with Crippen LogP contribution in [-0.4, -0.2) is 24.0 Å². The van der Waals surface area contributed by atoms with Gasteiger partial charge in [-0.2, -0.15) is 0 Å². The fourth-order valence-corrected chi connectivity index (χ4v) is 2.57. The summed E-state index contributed by atoms with van der Waals surface area (Å²) in [6.45, 7) is 1.61. The molecule has 0 spiro atoms. The van der Waals surface area contributed by atoms with Crippen LogP contribution in [0.2, 0.25) is 5.02 Å². The first-order chi connectivity index (χ1) is 12.0. The lowest BCUT2D eigenvalue weighted by Crippen LogP contribution is -2.10. The Bertz CT molecular complexity index is 963. The van der Waals surface area contributed by atoms with Crippen LogP contribution in [0.4, 0.5) is 0 Å². The second-order valence-electron chi connectivity index (χ2n) is 5.30. The highest BCUT2D eigenvalue weighted by molar-refractivity contribution is 6.31. The lowest BCUT2D eigenvalue weighted by Gasteiger charge is -2.08. The van der Waals surface area contributed by atoms with Crippen LogP contribution in [0.1, 0.15) is 32.2 Å². The van der Waals surface area contributed by atoms with E-state index in [0.29, 0.717) is 21.8 Å². The number of nitrogens with zero attached hydrogens (tertiary/aromatic N) is 1. The molecule has 0 aliphatic carbocycles. The van der Waals surface area contributed by atoms with E-state index in [4.69, 9.17) is 20.8 Å². The van der Waals surface area contributed by atoms with E-state index in [1.54, 1.807) is 37.3 Å². The second-order valence-corrected chi connectivity index (χ2v) is 5.74. The lowest BCUT2D eigenvalue weighted by molar-refractivity contribution is 0.0452. The van der Waals surface area contributed by atoms with Gasteiger partial charge in [-0.1, -0.05) is 11.6 Å². The van der Waals surface area contributed by atoms with Gasteiger partial charge in [0.2, 0.25) is 5.76 Å². The molecule has 0 amide bonds. The third-order valence-corrected chi connectivity index (χ3v) is 3.90. The summed E-state index contributed by atoms with van der Waals surface area (Å²) in [6, 6.07) is 8.48. The minimum Gasteiger partial charge on any atom is -0.463 e. The maximum absolute atomic E-state index is 12.4. The van der Waals surface area contributed by atoms with E-state index in [0.717, 1.165) is 10.9 Å². The predicted molar refractivity (Wildman–Crippen MR) is 90.7 cm³/mol. The van der Waals surface area contributed by atoms with Crippen molar-refractivity contribution in [2.45, 2.75) is 13.5 Å². The molecule has 0 saturated carbocycles. The summed E-state index contributed by atoms with van der Waals surface area (Å²) in [7, 11) is 1.25. The Kier molecular flexibility index (Phi) is 4.72. The number of fused-ring (bicyclic) bond motifs is 1. The third-order valence-electron chi connectivity index (χ3n) is 3.66. The molecule has 6 nitrogen and oxygen atoms in total. The van der Waals surface area contributed by atoms with Crippen LogP contribution in [-0.2, 0) is 16.1 Å². The van der Waals surface area contributed by atoms with Gasteiger partial charge in [0.25, 0.3) is 0 Å². The number of carbonyl (C=O) groups is 2. The molecule has 2 aromatic heterocycles. The standard InChI is InChI=1S/C18H14ClNO5/c1-10-14(8-12-7-13(19)3-4-15(12)20-10)17(21)25-9-11-5-6-24-16(11)18(22)23-2/h3-8H,9H2,1-2H3. The molecule has 1 aromatic carbocycles. The Morgan fingerprint density at radius 2 is 2.00 bits per heavy atom. The van der Waals surface area contributed by atoms with Crippen LogP contribution < -0.4 is 0 Å². The molecule has 0 aliphatic heterocycles. The highest BCUT2D eigenvalue weighted by Gasteiger charge is 2.19. The number of rotatable bonds is 4. The van der Waals surface area contributed by atoms with Gasteiger partial charge >= 0.3 is 11.9 Å². The molecule has 0 atom stereocenters. The number of benzene rings is 1. The molecule has 2 heterocycles. The Morgan fingerprint density at radius 1 is 1.20 bits per heavy atom. The van der Waals surface area contributed by atoms with Crippen molar-refractivity contribution in [2.75, 3.05) is 7.11 Å². The predicted octanol–water partition coefficient (Wildman–Crippen LogP) is 3.93. The van der Waals surface area contributed by atoms with E-state index in [1.165, 1.54) is 13.4 Å². The molecule has 0 fully saturated rings. The first-order valence-corrected chi connectivity index (χ1v) is 7.76. The fraction of sp³-hybridized carbons (Fsp3) is 0.167. The molecule has 0 saturated heterocycles. The Hall–Kier alpha value is -2.86. The van der Waals surface area contributed by atoms with E-state index in [1.807, 2.05) is 0 Å². The number of aromatic nitrogens is 1. The quantitative estimate of drug-likeness (QED) is 0.657. The van der Waals surface area contributed by atoms with Gasteiger partial charge in [0.1, 0.15) is 6.61 Å². The molecule has 128 valence electrons. The van der Waals surface area contributed by atoms with Gasteiger partial charge < -0.3 is 13.9 Å². The highest BCUT2D eigenvalue weighted by Crippen LogP contribution is 2.22. The summed E-state index contributed by atoms with van der Waals surface area (Å²) >= 11 is 5.98. The van der Waals surface area contributed by atoms with E-state index in [9.17, 15) is 9.59 Å². The first-order valence-electron chi connectivity index (χ1n) is 7.38. The minimum atomic E-state index is -0.630. The average molecular weight is 360 g/mol. The van der Waals surface area contributed by atoms with Crippen LogP contribution in [0.15, 0.2) is 41.0 Å². The van der Waals surface area contributed by atoms with Gasteiger partial charge in [-0.15, -0.1) is 0 Å². The summed E-state index contributed by atoms with van der Waals surface area (Å²) in [5.74, 6) is -1.17. The monoisotopic (exact) mass is 359 g/mol. The number of pyridine rings is 1. The van der Waals surface area contributed by atoms with Crippen LogP contribution in [0.3, 0.4) is 0 Å². The van der Waals surface area contributed by atoms with Gasteiger partial charge in [0.15, 0.2) is 0 Å². The summed E-state index contributed by atoms with van der Waals surface area (Å²) in [5, 5.41) is 1.29. The summed E-state index contributed by atoms with van der Waals surface area (Å²) < 4.78 is 15.0. The van der Waals surface area contributed by atoms with Crippen LogP contribution in [0.5, 0.6) is 0 Å². The van der Waals surface area contributed by atoms with Crippen molar-refractivity contribution >= 4 is 34.4 Å². The van der Waals surface area contributed by atoms with E-state index in [-0.39, 0.29) is 12.4 Å². The number of hydrogen-bond acceptors (Lipinski definition) is 6. The van der Waals surface area contributed by atoms with E-state index < -0.39 is 11.9 Å². The van der Waals surface area contributed by atoms with E-state index in [2.05, 4.69) is 9.72 Å². The molecule has 0 unspecified atom stereocenters. The molecule has 0 radical (unpaired) electrons. The lowest BCUT2D eigenvalue weighted by atomic mass is 10.1. The van der Waals surface area contributed by atoms with Crippen molar-refractivity contribution in [3.63, 3.8) is 0 Å². The average Bonchev–Trinajstić information content (AvgIpc) is 3.07. The molecule has 3 aromatic rings. The number of furan rings is 1. The van der Waals surface area contributed by atoms with Crippen molar-refractivity contribution in [1.82, 2.24) is 4.98 Å². The molecule has 3 rings (SSSR count). The van der Waals surface area contributed by atoms with Gasteiger partial charge in [0, 0.05) is 16.0 Å². The van der Waals surface area contributed by atoms with Gasteiger partial charge in [0.05, 0.1) is 30.1 Å². The third kappa shape index (κ3) is 3.49. The Balaban J connectivity index is 1.82. The zero-order chi connectivity index (χ0) is 18.0. The minimum absolute atomic E-state index is 0.00967. The molecule has 0 aliphatic rings. The summed E-state index contributed by atoms with van der Waals surface area (Å²) in [4.78, 5) is 28.4. The maximum atomic E-state index is 12.4. The van der Waals surface area contributed by atoms with Crippen molar-refractivity contribution in [3.8, 4) is 0 Å². The Labute approximate surface area is 148 Å². The number of aryl methyl sites for hydroxylation is 1. The highest BCUT2D eigenvalue weighted by atomic mass is 35.5. The smallest absolute Gasteiger partial charge is 0.374 e. The Morgan fingerprint density at radius 3 is 2.76 bits per heavy atom. The van der Waals surface area contributed by atoms with Gasteiger partial charge in [-0.3, -0.25) is 4.98 Å². The zero-order valence-electron chi connectivity index (χ0n) is 13.5. The number of esters is 2. The van der Waals surface area contributed by atoms with Crippen molar-refractivity contribution < 1.29 is 23.5 Å². The number of halogens is 1. The van der Waals surface area contributed by atoms with Crippen LogP contribution >= 0.6 is 11.6 Å². The van der Waals surface area contributed by atoms with Gasteiger partial charge in [-0.05, 0) is 37.3 Å². The van der Waals surface area contributed by atoms with Gasteiger partial charge in [-0.25, -0.2) is 9.59 Å². The van der Waals surface area contributed by atoms with Crippen molar-refractivity contribution in [2.24, 2.45) is 0 Å². The molecular formula is C18H14ClNO5. The summed E-state index contributed by atoms with van der Waals surface area (Å²) in [6.07, 6.45) is 1.33. The second kappa shape index (κ2) is 6.94. The van der Waals surface area contributed by atoms with Crippen LogP contribution in [0, 0.1) is 6.92 Å². The maximum Gasteiger partial charge on any atom is 0.374 e. The zero-order valence-corrected chi connectivity index (χ0v) is 14.3. The molecule has 0 N–H and O–H groups in total. The summed E-state index contributed by atoms with van der Waals surface area (Å²) in [5.41, 5.74) is 2.04. The van der Waals surface area contributed by atoms with Crippen molar-refractivity contribution in [1.29, 1.82) is 0 Å².